The third-order valence-electron chi connectivity index (χ3n) is 3.76. The SMILES string of the molecule is Cc1ccc(-c2c(-c3ccccc3)on(CCCO)c2=O)cc1. The molecule has 1 N–H and O–H groups in total. The van der Waals surface area contributed by atoms with Crippen molar-refractivity contribution in [3.8, 4) is 22.5 Å². The van der Waals surface area contributed by atoms with Crippen molar-refractivity contribution in [3.63, 3.8) is 0 Å². The Morgan fingerprint density at radius 1 is 1.00 bits per heavy atom. The highest BCUT2D eigenvalue weighted by Gasteiger charge is 2.19. The normalized spacial score (nSPS) is 10.9. The third kappa shape index (κ3) is 3.12. The van der Waals surface area contributed by atoms with Crippen LogP contribution in [0.3, 0.4) is 0 Å². The summed E-state index contributed by atoms with van der Waals surface area (Å²) in [5.41, 5.74) is 3.24. The van der Waals surface area contributed by atoms with E-state index < -0.39 is 0 Å². The molecule has 0 aliphatic carbocycles. The van der Waals surface area contributed by atoms with Crippen LogP contribution >= 0.6 is 0 Å². The molecule has 23 heavy (non-hydrogen) atoms. The summed E-state index contributed by atoms with van der Waals surface area (Å²) in [5.74, 6) is 0.567. The Balaban J connectivity index is 2.17. The van der Waals surface area contributed by atoms with E-state index >= 15 is 0 Å². The van der Waals surface area contributed by atoms with Crippen LogP contribution in [0.15, 0.2) is 63.9 Å². The maximum absolute atomic E-state index is 12.7. The zero-order valence-electron chi connectivity index (χ0n) is 13.0. The van der Waals surface area contributed by atoms with Crippen molar-refractivity contribution in [1.29, 1.82) is 0 Å². The Kier molecular flexibility index (Phi) is 4.44. The highest BCUT2D eigenvalue weighted by atomic mass is 16.5. The second-order valence-electron chi connectivity index (χ2n) is 5.51. The van der Waals surface area contributed by atoms with Crippen LogP contribution in [0, 0.1) is 6.92 Å². The molecule has 0 atom stereocenters. The fourth-order valence-corrected chi connectivity index (χ4v) is 2.54. The molecule has 4 nitrogen and oxygen atoms in total. The number of aromatic nitrogens is 1. The minimum Gasteiger partial charge on any atom is -0.396 e. The van der Waals surface area contributed by atoms with E-state index in [4.69, 9.17) is 9.63 Å². The topological polar surface area (TPSA) is 55.4 Å². The van der Waals surface area contributed by atoms with E-state index in [0.29, 0.717) is 24.3 Å². The van der Waals surface area contributed by atoms with Crippen molar-refractivity contribution < 1.29 is 9.63 Å². The van der Waals surface area contributed by atoms with Crippen LogP contribution in [0.1, 0.15) is 12.0 Å². The Morgan fingerprint density at radius 3 is 2.35 bits per heavy atom. The molecule has 0 aliphatic rings. The second kappa shape index (κ2) is 6.67. The molecule has 3 rings (SSSR count). The Labute approximate surface area is 134 Å². The molecular weight excluding hydrogens is 290 g/mol. The van der Waals surface area contributed by atoms with Crippen molar-refractivity contribution in [2.24, 2.45) is 0 Å². The van der Waals surface area contributed by atoms with Gasteiger partial charge in [0.1, 0.15) is 0 Å². The highest BCUT2D eigenvalue weighted by molar-refractivity contribution is 5.78. The summed E-state index contributed by atoms with van der Waals surface area (Å²) in [7, 11) is 0. The van der Waals surface area contributed by atoms with Crippen LogP contribution in [0.25, 0.3) is 22.5 Å². The van der Waals surface area contributed by atoms with E-state index in [1.165, 1.54) is 4.74 Å². The molecule has 2 aromatic carbocycles. The number of rotatable bonds is 5. The van der Waals surface area contributed by atoms with E-state index in [9.17, 15) is 4.79 Å². The average Bonchev–Trinajstić information content (AvgIpc) is 2.91. The summed E-state index contributed by atoms with van der Waals surface area (Å²) < 4.78 is 7.14. The number of aliphatic hydroxyl groups excluding tert-OH is 1. The van der Waals surface area contributed by atoms with Gasteiger partial charge in [-0.15, -0.1) is 0 Å². The van der Waals surface area contributed by atoms with Gasteiger partial charge in [-0.3, -0.25) is 4.79 Å². The number of aryl methyl sites for hydroxylation is 2. The van der Waals surface area contributed by atoms with Crippen LogP contribution in [0.4, 0.5) is 0 Å². The number of hydrogen-bond donors (Lipinski definition) is 1. The maximum Gasteiger partial charge on any atom is 0.290 e. The molecule has 0 unspecified atom stereocenters. The fourth-order valence-electron chi connectivity index (χ4n) is 2.54. The van der Waals surface area contributed by atoms with E-state index in [1.54, 1.807) is 0 Å². The molecule has 0 saturated carbocycles. The zero-order chi connectivity index (χ0) is 16.2. The number of nitrogens with zero attached hydrogens (tertiary/aromatic N) is 1. The summed E-state index contributed by atoms with van der Waals surface area (Å²) in [6, 6.07) is 17.4. The Bertz CT molecular complexity index is 829. The molecular formula is C19H19NO3. The quantitative estimate of drug-likeness (QED) is 0.785. The molecule has 0 radical (unpaired) electrons. The van der Waals surface area contributed by atoms with Gasteiger partial charge in [0, 0.05) is 12.2 Å². The minimum atomic E-state index is -0.166. The lowest BCUT2D eigenvalue weighted by atomic mass is 10.0. The molecule has 4 heteroatoms. The first-order valence-corrected chi connectivity index (χ1v) is 7.68. The molecule has 1 aromatic heterocycles. The van der Waals surface area contributed by atoms with E-state index in [-0.39, 0.29) is 12.2 Å². The van der Waals surface area contributed by atoms with Crippen LogP contribution < -0.4 is 5.56 Å². The summed E-state index contributed by atoms with van der Waals surface area (Å²) >= 11 is 0. The molecule has 0 fully saturated rings. The molecule has 1 heterocycles. The lowest BCUT2D eigenvalue weighted by Gasteiger charge is -2.01. The van der Waals surface area contributed by atoms with E-state index in [0.717, 1.165) is 16.7 Å². The van der Waals surface area contributed by atoms with Crippen molar-refractivity contribution in [2.45, 2.75) is 19.9 Å². The predicted molar refractivity (Wildman–Crippen MR) is 90.3 cm³/mol. The summed E-state index contributed by atoms with van der Waals surface area (Å²) in [4.78, 5) is 12.7. The van der Waals surface area contributed by atoms with Gasteiger partial charge in [0.2, 0.25) is 0 Å². The van der Waals surface area contributed by atoms with Gasteiger partial charge >= 0.3 is 0 Å². The lowest BCUT2D eigenvalue weighted by molar-refractivity contribution is 0.223. The zero-order valence-corrected chi connectivity index (χ0v) is 13.0. The number of benzene rings is 2. The van der Waals surface area contributed by atoms with Crippen LogP contribution in [-0.4, -0.2) is 16.5 Å². The lowest BCUT2D eigenvalue weighted by Crippen LogP contribution is -2.16. The average molecular weight is 309 g/mol. The first-order valence-electron chi connectivity index (χ1n) is 7.68. The van der Waals surface area contributed by atoms with Crippen LogP contribution in [-0.2, 0) is 6.54 Å². The molecule has 0 spiro atoms. The number of hydrogen-bond acceptors (Lipinski definition) is 3. The van der Waals surface area contributed by atoms with Gasteiger partial charge in [0.25, 0.3) is 5.56 Å². The van der Waals surface area contributed by atoms with Crippen LogP contribution in [0.5, 0.6) is 0 Å². The van der Waals surface area contributed by atoms with Gasteiger partial charge in [-0.25, -0.2) is 0 Å². The van der Waals surface area contributed by atoms with Gasteiger partial charge in [-0.1, -0.05) is 60.2 Å². The molecule has 0 saturated heterocycles. The highest BCUT2D eigenvalue weighted by Crippen LogP contribution is 2.30. The van der Waals surface area contributed by atoms with Gasteiger partial charge in [-0.05, 0) is 18.9 Å². The summed E-state index contributed by atoms with van der Waals surface area (Å²) in [6.07, 6.45) is 0.481. The summed E-state index contributed by atoms with van der Waals surface area (Å²) in [5, 5.41) is 9.00. The standard InChI is InChI=1S/C19H19NO3/c1-14-8-10-15(11-9-14)17-18(16-6-3-2-4-7-16)23-20(19(17)22)12-5-13-21/h2-4,6-11,21H,5,12-13H2,1H3. The van der Waals surface area contributed by atoms with E-state index in [2.05, 4.69) is 0 Å². The van der Waals surface area contributed by atoms with E-state index in [1.807, 2.05) is 61.5 Å². The van der Waals surface area contributed by atoms with Crippen molar-refractivity contribution >= 4 is 0 Å². The second-order valence-corrected chi connectivity index (χ2v) is 5.51. The molecule has 0 aliphatic heterocycles. The van der Waals surface area contributed by atoms with Gasteiger partial charge in [0.05, 0.1) is 12.1 Å². The first-order chi connectivity index (χ1) is 11.2. The maximum atomic E-state index is 12.7. The third-order valence-corrected chi connectivity index (χ3v) is 3.76. The Morgan fingerprint density at radius 2 is 1.70 bits per heavy atom. The van der Waals surface area contributed by atoms with Crippen molar-refractivity contribution in [1.82, 2.24) is 4.74 Å². The monoisotopic (exact) mass is 309 g/mol. The van der Waals surface area contributed by atoms with Gasteiger partial charge < -0.3 is 9.63 Å². The Hall–Kier alpha value is -2.59. The summed E-state index contributed by atoms with van der Waals surface area (Å²) in [6.45, 7) is 2.39. The van der Waals surface area contributed by atoms with Crippen molar-refractivity contribution in [2.75, 3.05) is 6.61 Å². The predicted octanol–water partition coefficient (Wildman–Crippen LogP) is 3.47. The minimum absolute atomic E-state index is 0.0215. The fraction of sp³-hybridized carbons (Fsp3) is 0.211. The largest absolute Gasteiger partial charge is 0.396 e. The smallest absolute Gasteiger partial charge is 0.290 e. The molecule has 0 bridgehead atoms. The number of aliphatic hydroxyl groups is 1. The van der Waals surface area contributed by atoms with Crippen molar-refractivity contribution in [3.05, 3.63) is 70.5 Å². The molecule has 3 aromatic rings. The first kappa shape index (κ1) is 15.3. The molecule has 118 valence electrons. The molecule has 0 amide bonds. The van der Waals surface area contributed by atoms with Crippen LogP contribution in [0.2, 0.25) is 0 Å². The van der Waals surface area contributed by atoms with Gasteiger partial charge in [0.15, 0.2) is 5.76 Å². The van der Waals surface area contributed by atoms with Gasteiger partial charge in [-0.2, -0.15) is 4.74 Å².